The van der Waals surface area contributed by atoms with E-state index in [0.29, 0.717) is 23.1 Å². The maximum Gasteiger partial charge on any atom is 0.410 e. The lowest BCUT2D eigenvalue weighted by Crippen LogP contribution is -2.52. The Hall–Kier alpha value is -1.63. The van der Waals surface area contributed by atoms with Crippen LogP contribution < -0.4 is 0 Å². The molecule has 1 aromatic heterocycles. The minimum Gasteiger partial charge on any atom is -0.444 e. The number of aromatic nitrogens is 2. The van der Waals surface area contributed by atoms with Gasteiger partial charge in [-0.2, -0.15) is 0 Å². The number of halogens is 2. The summed E-state index contributed by atoms with van der Waals surface area (Å²) in [4.78, 5) is 18.0. The van der Waals surface area contributed by atoms with Crippen molar-refractivity contribution >= 4 is 33.1 Å². The Balaban J connectivity index is 1.82. The Kier molecular flexibility index (Phi) is 3.86. The molecule has 1 aliphatic rings. The number of hydrogen-bond acceptors (Lipinski definition) is 3. The summed E-state index contributed by atoms with van der Waals surface area (Å²) in [6.45, 7) is 8.45. The molecule has 0 aliphatic carbocycles. The van der Waals surface area contributed by atoms with Crippen molar-refractivity contribution in [3.8, 4) is 0 Å². The molecule has 1 aromatic carbocycles. The zero-order valence-electron chi connectivity index (χ0n) is 13.6. The van der Waals surface area contributed by atoms with E-state index in [9.17, 15) is 9.18 Å². The lowest BCUT2D eigenvalue weighted by atomic mass is 10.1. The average molecular weight is 384 g/mol. The second kappa shape index (κ2) is 5.47. The van der Waals surface area contributed by atoms with E-state index in [-0.39, 0.29) is 18.0 Å². The van der Waals surface area contributed by atoms with Crippen LogP contribution in [-0.4, -0.2) is 39.2 Å². The molecule has 0 unspecified atom stereocenters. The van der Waals surface area contributed by atoms with Gasteiger partial charge in [0.05, 0.1) is 11.6 Å². The van der Waals surface area contributed by atoms with Crippen molar-refractivity contribution in [1.29, 1.82) is 0 Å². The van der Waals surface area contributed by atoms with E-state index in [2.05, 4.69) is 20.9 Å². The Bertz CT molecular complexity index is 776. The van der Waals surface area contributed by atoms with Crippen LogP contribution in [0.1, 0.15) is 32.6 Å². The predicted octanol–water partition coefficient (Wildman–Crippen LogP) is 4.04. The first-order valence-electron chi connectivity index (χ1n) is 7.47. The van der Waals surface area contributed by atoms with E-state index in [0.717, 1.165) is 11.3 Å². The van der Waals surface area contributed by atoms with Crippen LogP contribution in [0.15, 0.2) is 16.6 Å². The van der Waals surface area contributed by atoms with Crippen LogP contribution in [0.5, 0.6) is 0 Å². The van der Waals surface area contributed by atoms with E-state index in [1.54, 1.807) is 4.90 Å². The standard InChI is InChI=1S/C16H19BrFN3O2/c1-9-19-14-12(18)5-10(17)6-13(14)21(9)11-7-20(8-11)15(22)23-16(2,3)4/h5-6,11H,7-8H2,1-4H3. The number of fused-ring (bicyclic) bond motifs is 1. The smallest absolute Gasteiger partial charge is 0.410 e. The van der Waals surface area contributed by atoms with Crippen molar-refractivity contribution in [2.24, 2.45) is 0 Å². The minimum atomic E-state index is -0.506. The van der Waals surface area contributed by atoms with Gasteiger partial charge in [0, 0.05) is 17.6 Å². The third-order valence-electron chi connectivity index (χ3n) is 3.77. The first kappa shape index (κ1) is 16.2. The van der Waals surface area contributed by atoms with Gasteiger partial charge >= 0.3 is 6.09 Å². The van der Waals surface area contributed by atoms with Gasteiger partial charge in [-0.1, -0.05) is 15.9 Å². The normalized spacial score (nSPS) is 15.8. The monoisotopic (exact) mass is 383 g/mol. The van der Waals surface area contributed by atoms with E-state index < -0.39 is 5.60 Å². The Morgan fingerprint density at radius 3 is 2.65 bits per heavy atom. The van der Waals surface area contributed by atoms with Gasteiger partial charge in [-0.05, 0) is 39.8 Å². The van der Waals surface area contributed by atoms with Gasteiger partial charge in [-0.15, -0.1) is 0 Å². The summed E-state index contributed by atoms with van der Waals surface area (Å²) in [7, 11) is 0. The minimum absolute atomic E-state index is 0.0845. The Morgan fingerprint density at radius 2 is 2.04 bits per heavy atom. The highest BCUT2D eigenvalue weighted by molar-refractivity contribution is 9.10. The number of ether oxygens (including phenoxy) is 1. The fraction of sp³-hybridized carbons (Fsp3) is 0.500. The first-order valence-corrected chi connectivity index (χ1v) is 8.26. The summed E-state index contributed by atoms with van der Waals surface area (Å²) in [6, 6.07) is 3.35. The van der Waals surface area contributed by atoms with Crippen molar-refractivity contribution in [3.05, 3.63) is 28.2 Å². The molecule has 2 heterocycles. The second-order valence-corrected chi connectivity index (χ2v) is 7.74. The molecule has 1 saturated heterocycles. The number of imidazole rings is 1. The number of carbonyl (C=O) groups is 1. The molecule has 0 spiro atoms. The van der Waals surface area contributed by atoms with Crippen LogP contribution in [-0.2, 0) is 4.74 Å². The molecule has 2 aromatic rings. The number of hydrogen-bond donors (Lipinski definition) is 0. The summed E-state index contributed by atoms with van der Waals surface area (Å²) in [5, 5.41) is 0. The number of likely N-dealkylation sites (tertiary alicyclic amines) is 1. The maximum absolute atomic E-state index is 14.0. The van der Waals surface area contributed by atoms with E-state index in [1.165, 1.54) is 6.07 Å². The maximum atomic E-state index is 14.0. The fourth-order valence-electron chi connectivity index (χ4n) is 2.79. The molecule has 0 saturated carbocycles. The molecule has 1 fully saturated rings. The van der Waals surface area contributed by atoms with Crippen molar-refractivity contribution < 1.29 is 13.9 Å². The molecule has 5 nitrogen and oxygen atoms in total. The van der Waals surface area contributed by atoms with Gasteiger partial charge in [-0.25, -0.2) is 14.2 Å². The van der Waals surface area contributed by atoms with Crippen molar-refractivity contribution in [1.82, 2.24) is 14.5 Å². The number of rotatable bonds is 1. The number of nitrogens with zero attached hydrogens (tertiary/aromatic N) is 3. The van der Waals surface area contributed by atoms with Crippen LogP contribution >= 0.6 is 15.9 Å². The van der Waals surface area contributed by atoms with E-state index in [4.69, 9.17) is 4.74 Å². The quantitative estimate of drug-likeness (QED) is 0.746. The number of carbonyl (C=O) groups excluding carboxylic acids is 1. The molecular formula is C16H19BrFN3O2. The molecule has 0 radical (unpaired) electrons. The molecule has 1 aliphatic heterocycles. The highest BCUT2D eigenvalue weighted by Gasteiger charge is 2.36. The number of amides is 1. The topological polar surface area (TPSA) is 47.4 Å². The highest BCUT2D eigenvalue weighted by Crippen LogP contribution is 2.31. The summed E-state index contributed by atoms with van der Waals surface area (Å²) < 4.78 is 22.0. The number of aryl methyl sites for hydroxylation is 1. The zero-order valence-corrected chi connectivity index (χ0v) is 15.1. The highest BCUT2D eigenvalue weighted by atomic mass is 79.9. The van der Waals surface area contributed by atoms with Gasteiger partial charge in [0.2, 0.25) is 0 Å². The summed E-state index contributed by atoms with van der Waals surface area (Å²) >= 11 is 3.32. The van der Waals surface area contributed by atoms with Crippen molar-refractivity contribution in [2.75, 3.05) is 13.1 Å². The molecule has 124 valence electrons. The molecular weight excluding hydrogens is 365 g/mol. The van der Waals surface area contributed by atoms with Gasteiger partial charge in [-0.3, -0.25) is 0 Å². The van der Waals surface area contributed by atoms with Gasteiger partial charge in [0.1, 0.15) is 16.9 Å². The molecule has 7 heteroatoms. The van der Waals surface area contributed by atoms with Gasteiger partial charge < -0.3 is 14.2 Å². The van der Waals surface area contributed by atoms with Crippen LogP contribution in [0.4, 0.5) is 9.18 Å². The average Bonchev–Trinajstić information content (AvgIpc) is 2.63. The number of benzene rings is 1. The SMILES string of the molecule is Cc1nc2c(F)cc(Br)cc2n1C1CN(C(=O)OC(C)(C)C)C1. The predicted molar refractivity (Wildman–Crippen MR) is 89.0 cm³/mol. The summed E-state index contributed by atoms with van der Waals surface area (Å²) in [6.07, 6.45) is -0.316. The lowest BCUT2D eigenvalue weighted by molar-refractivity contribution is 0.00128. The fourth-order valence-corrected chi connectivity index (χ4v) is 3.21. The Morgan fingerprint density at radius 1 is 1.39 bits per heavy atom. The van der Waals surface area contributed by atoms with E-state index in [1.807, 2.05) is 38.3 Å². The second-order valence-electron chi connectivity index (χ2n) is 6.82. The van der Waals surface area contributed by atoms with Gasteiger partial charge in [0.15, 0.2) is 5.82 Å². The molecule has 1 amide bonds. The van der Waals surface area contributed by atoms with Crippen LogP contribution in [0, 0.1) is 12.7 Å². The molecule has 0 atom stereocenters. The Labute approximate surface area is 142 Å². The van der Waals surface area contributed by atoms with Crippen LogP contribution in [0.3, 0.4) is 0 Å². The third-order valence-corrected chi connectivity index (χ3v) is 4.23. The third kappa shape index (κ3) is 3.06. The molecule has 23 heavy (non-hydrogen) atoms. The van der Waals surface area contributed by atoms with Crippen molar-refractivity contribution in [3.63, 3.8) is 0 Å². The van der Waals surface area contributed by atoms with Crippen molar-refractivity contribution in [2.45, 2.75) is 39.3 Å². The molecule has 0 N–H and O–H groups in total. The van der Waals surface area contributed by atoms with Gasteiger partial charge in [0.25, 0.3) is 0 Å². The summed E-state index contributed by atoms with van der Waals surface area (Å²) in [5.41, 5.74) is 0.595. The molecule has 0 bridgehead atoms. The largest absolute Gasteiger partial charge is 0.444 e. The first-order chi connectivity index (χ1) is 10.7. The zero-order chi connectivity index (χ0) is 16.9. The summed E-state index contributed by atoms with van der Waals surface area (Å²) in [5.74, 6) is 0.394. The van der Waals surface area contributed by atoms with E-state index >= 15 is 0 Å². The molecule has 3 rings (SSSR count). The lowest BCUT2D eigenvalue weighted by Gasteiger charge is -2.41. The van der Waals surface area contributed by atoms with Crippen LogP contribution in [0.25, 0.3) is 11.0 Å². The van der Waals surface area contributed by atoms with Crippen LogP contribution in [0.2, 0.25) is 0 Å².